The number of aromatic nitrogens is 2. The van der Waals surface area contributed by atoms with Crippen LogP contribution in [0.15, 0.2) is 29.3 Å². The zero-order valence-corrected chi connectivity index (χ0v) is 16.6. The summed E-state index contributed by atoms with van der Waals surface area (Å²) in [6.45, 7) is 0. The SMILES string of the molecule is Nc1nc(CSC2=Nc3ccccc3CS2)nc2sc3c(c12)CCCC3. The number of aliphatic imine (C=N–C) groups is 1. The molecule has 0 atom stereocenters. The van der Waals surface area contributed by atoms with E-state index in [2.05, 4.69) is 23.2 Å². The Balaban J connectivity index is 1.40. The number of nitrogens with two attached hydrogens (primary N) is 1. The minimum absolute atomic E-state index is 0.647. The van der Waals surface area contributed by atoms with E-state index in [1.54, 1.807) is 34.9 Å². The van der Waals surface area contributed by atoms with Crippen molar-refractivity contribution in [2.24, 2.45) is 4.99 Å². The molecule has 7 heteroatoms. The van der Waals surface area contributed by atoms with Gasteiger partial charge in [-0.3, -0.25) is 0 Å². The van der Waals surface area contributed by atoms with E-state index in [0.717, 1.165) is 44.7 Å². The highest BCUT2D eigenvalue weighted by Gasteiger charge is 2.20. The third-order valence-corrected chi connectivity index (χ3v) is 8.20. The molecule has 1 aromatic carbocycles. The number of thiophene rings is 1. The summed E-state index contributed by atoms with van der Waals surface area (Å²) in [5.74, 6) is 3.13. The standard InChI is InChI=1S/C19H18N4S3/c20-17-16-12-6-2-4-8-14(12)26-18(16)23-15(22-17)10-25-19-21-13-7-3-1-5-11(13)9-24-19/h1,3,5,7H,2,4,6,8-10H2,(H2,20,22,23). The zero-order chi connectivity index (χ0) is 17.5. The molecular weight excluding hydrogens is 380 g/mol. The Morgan fingerprint density at radius 2 is 2.00 bits per heavy atom. The van der Waals surface area contributed by atoms with Crippen LogP contribution in [0, 0.1) is 0 Å². The first-order chi connectivity index (χ1) is 12.8. The highest BCUT2D eigenvalue weighted by Crippen LogP contribution is 2.39. The van der Waals surface area contributed by atoms with Crippen LogP contribution in [0.4, 0.5) is 11.5 Å². The van der Waals surface area contributed by atoms with Crippen molar-refractivity contribution in [2.45, 2.75) is 37.2 Å². The van der Waals surface area contributed by atoms with Gasteiger partial charge in [-0.1, -0.05) is 41.7 Å². The fourth-order valence-electron chi connectivity index (χ4n) is 3.51. The predicted octanol–water partition coefficient (Wildman–Crippen LogP) is 5.32. The Hall–Kier alpha value is -1.57. The summed E-state index contributed by atoms with van der Waals surface area (Å²) in [7, 11) is 0. The van der Waals surface area contributed by atoms with E-state index in [-0.39, 0.29) is 0 Å². The van der Waals surface area contributed by atoms with Crippen molar-refractivity contribution in [1.82, 2.24) is 9.97 Å². The van der Waals surface area contributed by atoms with E-state index in [0.29, 0.717) is 11.6 Å². The van der Waals surface area contributed by atoms with Crippen LogP contribution < -0.4 is 5.73 Å². The fourth-order valence-corrected chi connectivity index (χ4v) is 6.71. The minimum atomic E-state index is 0.647. The van der Waals surface area contributed by atoms with Crippen LogP contribution in [0.2, 0.25) is 0 Å². The number of hydrogen-bond donors (Lipinski definition) is 1. The second-order valence-electron chi connectivity index (χ2n) is 6.50. The summed E-state index contributed by atoms with van der Waals surface area (Å²) in [6, 6.07) is 8.33. The van der Waals surface area contributed by atoms with Crippen molar-refractivity contribution in [3.63, 3.8) is 0 Å². The third kappa shape index (κ3) is 3.02. The van der Waals surface area contributed by atoms with Crippen molar-refractivity contribution in [3.05, 3.63) is 46.1 Å². The highest BCUT2D eigenvalue weighted by molar-refractivity contribution is 8.38. The van der Waals surface area contributed by atoms with E-state index in [9.17, 15) is 0 Å². The molecular formula is C19H18N4S3. The molecule has 4 nitrogen and oxygen atoms in total. The molecule has 5 rings (SSSR count). The van der Waals surface area contributed by atoms with Crippen molar-refractivity contribution < 1.29 is 0 Å². The molecule has 3 heterocycles. The molecule has 0 saturated carbocycles. The van der Waals surface area contributed by atoms with E-state index in [4.69, 9.17) is 15.7 Å². The maximum absolute atomic E-state index is 6.31. The summed E-state index contributed by atoms with van der Waals surface area (Å²) in [5, 5.41) is 1.11. The average molecular weight is 399 g/mol. The molecule has 26 heavy (non-hydrogen) atoms. The maximum atomic E-state index is 6.31. The first-order valence-corrected chi connectivity index (χ1v) is 11.6. The second kappa shape index (κ2) is 6.87. The number of para-hydroxylation sites is 1. The molecule has 0 amide bonds. The Kier molecular flexibility index (Phi) is 4.38. The zero-order valence-electron chi connectivity index (χ0n) is 14.2. The molecule has 0 fully saturated rings. The van der Waals surface area contributed by atoms with Crippen LogP contribution in [0.25, 0.3) is 10.2 Å². The molecule has 0 saturated heterocycles. The van der Waals surface area contributed by atoms with Crippen LogP contribution in [0.3, 0.4) is 0 Å². The van der Waals surface area contributed by atoms with Gasteiger partial charge in [-0.05, 0) is 42.9 Å². The van der Waals surface area contributed by atoms with Gasteiger partial charge >= 0.3 is 0 Å². The lowest BCUT2D eigenvalue weighted by Crippen LogP contribution is -2.03. The molecule has 1 aliphatic heterocycles. The van der Waals surface area contributed by atoms with Gasteiger partial charge in [0.25, 0.3) is 0 Å². The smallest absolute Gasteiger partial charge is 0.142 e. The van der Waals surface area contributed by atoms with Gasteiger partial charge in [-0.25, -0.2) is 15.0 Å². The summed E-state index contributed by atoms with van der Waals surface area (Å²) in [5.41, 5.74) is 10.1. The largest absolute Gasteiger partial charge is 0.383 e. The van der Waals surface area contributed by atoms with E-state index in [1.165, 1.54) is 28.8 Å². The summed E-state index contributed by atoms with van der Waals surface area (Å²) in [4.78, 5) is 16.7. The van der Waals surface area contributed by atoms with Gasteiger partial charge in [0.15, 0.2) is 0 Å². The number of aryl methyl sites for hydroxylation is 2. The molecule has 2 N–H and O–H groups in total. The Labute approximate surface area is 164 Å². The number of thioether (sulfide) groups is 2. The number of fused-ring (bicyclic) bond motifs is 4. The van der Waals surface area contributed by atoms with Crippen LogP contribution in [-0.4, -0.2) is 14.3 Å². The Morgan fingerprint density at radius 1 is 1.12 bits per heavy atom. The number of benzene rings is 1. The summed E-state index contributed by atoms with van der Waals surface area (Å²) < 4.78 is 1.08. The predicted molar refractivity (Wildman–Crippen MR) is 115 cm³/mol. The normalized spacial score (nSPS) is 16.2. The van der Waals surface area contributed by atoms with Gasteiger partial charge < -0.3 is 5.73 Å². The number of nitrogen functional groups attached to an aromatic ring is 1. The van der Waals surface area contributed by atoms with Crippen LogP contribution in [0.1, 0.15) is 34.7 Å². The van der Waals surface area contributed by atoms with Gasteiger partial charge in [0.2, 0.25) is 0 Å². The first-order valence-electron chi connectivity index (χ1n) is 8.77. The van der Waals surface area contributed by atoms with Gasteiger partial charge in [-0.2, -0.15) is 0 Å². The molecule has 2 aromatic heterocycles. The lowest BCUT2D eigenvalue weighted by molar-refractivity contribution is 0.700. The van der Waals surface area contributed by atoms with Gasteiger partial charge in [0, 0.05) is 10.6 Å². The minimum Gasteiger partial charge on any atom is -0.383 e. The van der Waals surface area contributed by atoms with E-state index in [1.807, 2.05) is 6.07 Å². The molecule has 3 aromatic rings. The topological polar surface area (TPSA) is 64.2 Å². The van der Waals surface area contributed by atoms with Crippen LogP contribution >= 0.6 is 34.9 Å². The van der Waals surface area contributed by atoms with Crippen molar-refractivity contribution in [1.29, 1.82) is 0 Å². The molecule has 132 valence electrons. The average Bonchev–Trinajstić information content (AvgIpc) is 3.05. The van der Waals surface area contributed by atoms with E-state index >= 15 is 0 Å². The number of nitrogens with zero attached hydrogens (tertiary/aromatic N) is 3. The van der Waals surface area contributed by atoms with Gasteiger partial charge in [0.05, 0.1) is 16.8 Å². The lowest BCUT2D eigenvalue weighted by atomic mass is 9.97. The first kappa shape index (κ1) is 16.6. The number of hydrogen-bond acceptors (Lipinski definition) is 7. The Bertz CT molecular complexity index is 1030. The van der Waals surface area contributed by atoms with Gasteiger partial charge in [0.1, 0.15) is 20.8 Å². The fraction of sp³-hybridized carbons (Fsp3) is 0.316. The summed E-state index contributed by atoms with van der Waals surface area (Å²) >= 11 is 5.29. The number of anilines is 1. The molecule has 2 aliphatic rings. The molecule has 0 radical (unpaired) electrons. The monoisotopic (exact) mass is 398 g/mol. The van der Waals surface area contributed by atoms with Crippen molar-refractivity contribution >= 4 is 61.0 Å². The second-order valence-corrected chi connectivity index (χ2v) is 9.77. The maximum Gasteiger partial charge on any atom is 0.142 e. The van der Waals surface area contributed by atoms with Crippen LogP contribution in [0.5, 0.6) is 0 Å². The lowest BCUT2D eigenvalue weighted by Gasteiger charge is -2.14. The third-order valence-electron chi connectivity index (χ3n) is 4.77. The highest BCUT2D eigenvalue weighted by atomic mass is 32.2. The quantitative estimate of drug-likeness (QED) is 0.633. The van der Waals surface area contributed by atoms with E-state index < -0.39 is 0 Å². The number of rotatable bonds is 2. The molecule has 0 unspecified atom stereocenters. The molecule has 0 bridgehead atoms. The molecule has 0 spiro atoms. The molecule has 1 aliphatic carbocycles. The van der Waals surface area contributed by atoms with Crippen LogP contribution in [-0.2, 0) is 24.3 Å². The van der Waals surface area contributed by atoms with Crippen molar-refractivity contribution in [3.8, 4) is 0 Å². The van der Waals surface area contributed by atoms with Crippen molar-refractivity contribution in [2.75, 3.05) is 5.73 Å². The van der Waals surface area contributed by atoms with Gasteiger partial charge in [-0.15, -0.1) is 11.3 Å². The Morgan fingerprint density at radius 3 is 2.96 bits per heavy atom. The summed E-state index contributed by atoms with van der Waals surface area (Å²) in [6.07, 6.45) is 4.79.